The van der Waals surface area contributed by atoms with Crippen LogP contribution in [0.3, 0.4) is 0 Å². The van der Waals surface area contributed by atoms with Crippen molar-refractivity contribution in [2.45, 2.75) is 39.5 Å². The Morgan fingerprint density at radius 3 is 2.17 bits per heavy atom. The maximum Gasteiger partial charge on any atom is 0.114 e. The summed E-state index contributed by atoms with van der Waals surface area (Å²) in [6.07, 6.45) is 7.44. The molecule has 0 radical (unpaired) electrons. The second-order valence-corrected chi connectivity index (χ2v) is 4.63. The van der Waals surface area contributed by atoms with Crippen LogP contribution in [0.25, 0.3) is 0 Å². The minimum Gasteiger partial charge on any atom is -0.497 e. The van der Waals surface area contributed by atoms with E-state index in [4.69, 9.17) is 4.74 Å². The number of aryl methyl sites for hydroxylation is 1. The maximum absolute atomic E-state index is 5.21. The van der Waals surface area contributed by atoms with Crippen molar-refractivity contribution < 1.29 is 4.74 Å². The summed E-state index contributed by atoms with van der Waals surface area (Å²) in [7, 11) is 1.71. The van der Waals surface area contributed by atoms with E-state index in [1.807, 2.05) is 13.8 Å². The molecule has 0 N–H and O–H groups in total. The van der Waals surface area contributed by atoms with E-state index in [-0.39, 0.29) is 5.41 Å². The molecule has 1 aliphatic rings. The fraction of sp³-hybridized carbons (Fsp3) is 0.412. The van der Waals surface area contributed by atoms with Gasteiger partial charge in [-0.15, -0.1) is 0 Å². The zero-order valence-electron chi connectivity index (χ0n) is 12.2. The number of hydrogen-bond acceptors (Lipinski definition) is 1. The highest BCUT2D eigenvalue weighted by Crippen LogP contribution is 2.33. The highest BCUT2D eigenvalue weighted by molar-refractivity contribution is 5.37. The first-order valence-electron chi connectivity index (χ1n) is 6.64. The van der Waals surface area contributed by atoms with Gasteiger partial charge in [0.2, 0.25) is 0 Å². The zero-order valence-corrected chi connectivity index (χ0v) is 12.2. The summed E-state index contributed by atoms with van der Waals surface area (Å²) >= 11 is 0. The monoisotopic (exact) mass is 244 g/mol. The van der Waals surface area contributed by atoms with Crippen molar-refractivity contribution in [2.75, 3.05) is 7.11 Å². The average Bonchev–Trinajstić information content (AvgIpc) is 2.42. The van der Waals surface area contributed by atoms with Gasteiger partial charge in [-0.2, -0.15) is 0 Å². The minimum atomic E-state index is 0.107. The topological polar surface area (TPSA) is 9.23 Å². The second-order valence-electron chi connectivity index (χ2n) is 4.63. The summed E-state index contributed by atoms with van der Waals surface area (Å²) in [5.41, 5.74) is 2.77. The van der Waals surface area contributed by atoms with E-state index >= 15 is 0 Å². The van der Waals surface area contributed by atoms with Crippen LogP contribution in [-0.4, -0.2) is 7.11 Å². The lowest BCUT2D eigenvalue weighted by atomic mass is 9.77. The van der Waals surface area contributed by atoms with Crippen molar-refractivity contribution >= 4 is 0 Å². The quantitative estimate of drug-likeness (QED) is 0.728. The predicted octanol–water partition coefficient (Wildman–Crippen LogP) is 4.77. The van der Waals surface area contributed by atoms with Crippen LogP contribution in [0.2, 0.25) is 0 Å². The van der Waals surface area contributed by atoms with E-state index in [0.29, 0.717) is 0 Å². The van der Waals surface area contributed by atoms with Crippen molar-refractivity contribution in [2.24, 2.45) is 0 Å². The van der Waals surface area contributed by atoms with Crippen molar-refractivity contribution in [3.05, 3.63) is 59.4 Å². The summed E-state index contributed by atoms with van der Waals surface area (Å²) in [5.74, 6) is 0.963. The number of rotatable bonds is 2. The largest absolute Gasteiger partial charge is 0.497 e. The molecule has 98 valence electrons. The number of allylic oxidation sites excluding steroid dienone is 3. The average molecular weight is 244 g/mol. The molecule has 0 aliphatic heterocycles. The SMILES string of the molecule is CC.COC1=CCC(C)(c2ccc(C)cc2)C=C1. The molecule has 1 heteroatoms. The van der Waals surface area contributed by atoms with Crippen LogP contribution in [0.5, 0.6) is 0 Å². The standard InChI is InChI=1S/C15H18O.C2H6/c1-12-4-6-13(7-5-12)15(2)10-8-14(16-3)9-11-15;1-2/h4-10H,11H2,1-3H3;1-2H3. The van der Waals surface area contributed by atoms with Crippen LogP contribution in [0.4, 0.5) is 0 Å². The van der Waals surface area contributed by atoms with Crippen LogP contribution < -0.4 is 0 Å². The molecule has 0 aromatic heterocycles. The lowest BCUT2D eigenvalue weighted by Crippen LogP contribution is -2.20. The molecule has 18 heavy (non-hydrogen) atoms. The molecular formula is C17H24O. The van der Waals surface area contributed by atoms with E-state index in [0.717, 1.165) is 12.2 Å². The molecule has 1 aromatic carbocycles. The van der Waals surface area contributed by atoms with Gasteiger partial charge in [-0.3, -0.25) is 0 Å². The van der Waals surface area contributed by atoms with Gasteiger partial charge in [0.1, 0.15) is 5.76 Å². The number of benzene rings is 1. The third-order valence-electron chi connectivity index (χ3n) is 3.29. The number of methoxy groups -OCH3 is 1. The Morgan fingerprint density at radius 2 is 1.72 bits per heavy atom. The lowest BCUT2D eigenvalue weighted by molar-refractivity contribution is 0.300. The first-order chi connectivity index (χ1) is 8.64. The molecule has 1 unspecified atom stereocenters. The van der Waals surface area contributed by atoms with E-state index in [1.165, 1.54) is 11.1 Å². The molecule has 0 saturated heterocycles. The van der Waals surface area contributed by atoms with Gasteiger partial charge in [-0.25, -0.2) is 0 Å². The van der Waals surface area contributed by atoms with Crippen molar-refractivity contribution in [3.63, 3.8) is 0 Å². The zero-order chi connectivity index (χ0) is 13.6. The Labute approximate surface area is 111 Å². The van der Waals surface area contributed by atoms with Crippen LogP contribution in [0.15, 0.2) is 48.3 Å². The highest BCUT2D eigenvalue weighted by atomic mass is 16.5. The van der Waals surface area contributed by atoms with Gasteiger partial charge in [0, 0.05) is 5.41 Å². The van der Waals surface area contributed by atoms with Crippen molar-refractivity contribution in [1.29, 1.82) is 0 Å². The van der Waals surface area contributed by atoms with Crippen LogP contribution in [0, 0.1) is 6.92 Å². The van der Waals surface area contributed by atoms with Crippen LogP contribution in [0.1, 0.15) is 38.3 Å². The van der Waals surface area contributed by atoms with Gasteiger partial charge in [0.15, 0.2) is 0 Å². The van der Waals surface area contributed by atoms with Gasteiger partial charge in [0.25, 0.3) is 0 Å². The summed E-state index contributed by atoms with van der Waals surface area (Å²) in [6.45, 7) is 8.38. The van der Waals surface area contributed by atoms with Crippen LogP contribution in [-0.2, 0) is 10.2 Å². The molecule has 0 fully saturated rings. The van der Waals surface area contributed by atoms with E-state index in [2.05, 4.69) is 56.3 Å². The summed E-state index contributed by atoms with van der Waals surface area (Å²) in [6, 6.07) is 8.77. The summed E-state index contributed by atoms with van der Waals surface area (Å²) < 4.78 is 5.21. The second kappa shape index (κ2) is 6.44. The number of hydrogen-bond donors (Lipinski definition) is 0. The Bertz CT molecular complexity index is 425. The van der Waals surface area contributed by atoms with Gasteiger partial charge >= 0.3 is 0 Å². The van der Waals surface area contributed by atoms with Gasteiger partial charge < -0.3 is 4.74 Å². The van der Waals surface area contributed by atoms with Crippen LogP contribution >= 0.6 is 0 Å². The highest BCUT2D eigenvalue weighted by Gasteiger charge is 2.24. The number of ether oxygens (including phenoxy) is 1. The lowest BCUT2D eigenvalue weighted by Gasteiger charge is -2.28. The Balaban J connectivity index is 0.000000771. The fourth-order valence-corrected chi connectivity index (χ4v) is 2.01. The normalized spacial score (nSPS) is 21.7. The maximum atomic E-state index is 5.21. The Kier molecular flexibility index (Phi) is 5.21. The summed E-state index contributed by atoms with van der Waals surface area (Å²) in [5, 5.41) is 0. The van der Waals surface area contributed by atoms with E-state index < -0.39 is 0 Å². The van der Waals surface area contributed by atoms with Gasteiger partial charge in [0.05, 0.1) is 7.11 Å². The molecule has 0 bridgehead atoms. The molecular weight excluding hydrogens is 220 g/mol. The van der Waals surface area contributed by atoms with E-state index in [1.54, 1.807) is 7.11 Å². The third-order valence-corrected chi connectivity index (χ3v) is 3.29. The first-order valence-corrected chi connectivity index (χ1v) is 6.64. The molecule has 0 saturated carbocycles. The first kappa shape index (κ1) is 14.6. The predicted molar refractivity (Wildman–Crippen MR) is 78.7 cm³/mol. The molecule has 2 rings (SSSR count). The van der Waals surface area contributed by atoms with Crippen molar-refractivity contribution in [3.8, 4) is 0 Å². The van der Waals surface area contributed by atoms with Gasteiger partial charge in [-0.1, -0.05) is 56.7 Å². The van der Waals surface area contributed by atoms with E-state index in [9.17, 15) is 0 Å². The molecule has 0 spiro atoms. The smallest absolute Gasteiger partial charge is 0.114 e. The molecule has 1 nitrogen and oxygen atoms in total. The van der Waals surface area contributed by atoms with Gasteiger partial charge in [-0.05, 0) is 31.1 Å². The molecule has 1 aromatic rings. The molecule has 0 amide bonds. The molecule has 0 heterocycles. The Hall–Kier alpha value is -1.50. The third kappa shape index (κ3) is 3.25. The van der Waals surface area contributed by atoms with Crippen molar-refractivity contribution in [1.82, 2.24) is 0 Å². The molecule has 1 aliphatic carbocycles. The Morgan fingerprint density at radius 1 is 1.11 bits per heavy atom. The minimum absolute atomic E-state index is 0.107. The molecule has 1 atom stereocenters. The summed E-state index contributed by atoms with van der Waals surface area (Å²) in [4.78, 5) is 0. The fourth-order valence-electron chi connectivity index (χ4n) is 2.01.